The Morgan fingerprint density at radius 3 is 2.88 bits per heavy atom. The minimum Gasteiger partial charge on any atom is -0.318 e. The third kappa shape index (κ3) is 1.53. The van der Waals surface area contributed by atoms with Crippen LogP contribution >= 0.6 is 27.3 Å². The van der Waals surface area contributed by atoms with Crippen LogP contribution in [-0.4, -0.2) is 4.98 Å². The highest BCUT2D eigenvalue weighted by Gasteiger charge is 2.12. The Hall–Kier alpha value is -1.20. The number of alkyl halides is 1. The molecule has 0 aliphatic carbocycles. The van der Waals surface area contributed by atoms with Gasteiger partial charge in [-0.05, 0) is 11.4 Å². The second-order valence-corrected chi connectivity index (χ2v) is 5.19. The number of nitrogens with one attached hydrogen (secondary N) is 1. The lowest BCUT2D eigenvalue weighted by Crippen LogP contribution is -2.06. The van der Waals surface area contributed by atoms with E-state index < -0.39 is 0 Å². The SMILES string of the molecule is O=c1[nH]c2c(F)c(CBr)ccc2c2ccsc12. The van der Waals surface area contributed by atoms with Crippen LogP contribution in [0, 0.1) is 5.82 Å². The minimum atomic E-state index is -0.357. The average Bonchev–Trinajstić information content (AvgIpc) is 2.81. The topological polar surface area (TPSA) is 32.9 Å². The summed E-state index contributed by atoms with van der Waals surface area (Å²) in [7, 11) is 0. The van der Waals surface area contributed by atoms with Crippen LogP contribution in [-0.2, 0) is 5.33 Å². The first-order valence-electron chi connectivity index (χ1n) is 4.99. The molecular weight excluding hydrogens is 305 g/mol. The summed E-state index contributed by atoms with van der Waals surface area (Å²) in [5, 5.41) is 3.84. The van der Waals surface area contributed by atoms with E-state index in [2.05, 4.69) is 20.9 Å². The van der Waals surface area contributed by atoms with Crippen LogP contribution in [0.2, 0.25) is 0 Å². The molecule has 0 bridgehead atoms. The molecule has 0 spiro atoms. The van der Waals surface area contributed by atoms with Crippen LogP contribution < -0.4 is 5.56 Å². The maximum atomic E-state index is 14.1. The number of fused-ring (bicyclic) bond motifs is 3. The Labute approximate surface area is 108 Å². The van der Waals surface area contributed by atoms with Gasteiger partial charge in [-0.3, -0.25) is 4.79 Å². The van der Waals surface area contributed by atoms with E-state index in [-0.39, 0.29) is 16.9 Å². The Morgan fingerprint density at radius 2 is 2.12 bits per heavy atom. The summed E-state index contributed by atoms with van der Waals surface area (Å²) < 4.78 is 14.7. The highest BCUT2D eigenvalue weighted by molar-refractivity contribution is 9.08. The zero-order chi connectivity index (χ0) is 12.0. The number of aromatic nitrogens is 1. The molecule has 0 aliphatic heterocycles. The van der Waals surface area contributed by atoms with Crippen molar-refractivity contribution in [3.05, 3.63) is 45.3 Å². The van der Waals surface area contributed by atoms with Crippen molar-refractivity contribution in [3.8, 4) is 0 Å². The fourth-order valence-corrected chi connectivity index (χ4v) is 3.17. The molecule has 2 heterocycles. The molecule has 2 aromatic heterocycles. The number of H-pyrrole nitrogens is 1. The zero-order valence-corrected chi connectivity index (χ0v) is 11.0. The third-order valence-corrected chi connectivity index (χ3v) is 4.28. The van der Waals surface area contributed by atoms with Crippen molar-refractivity contribution in [2.45, 2.75) is 5.33 Å². The van der Waals surface area contributed by atoms with Crippen LogP contribution in [0.5, 0.6) is 0 Å². The number of pyridine rings is 1. The van der Waals surface area contributed by atoms with E-state index in [4.69, 9.17) is 0 Å². The number of aromatic amines is 1. The largest absolute Gasteiger partial charge is 0.318 e. The van der Waals surface area contributed by atoms with Gasteiger partial charge in [0.2, 0.25) is 0 Å². The van der Waals surface area contributed by atoms with Gasteiger partial charge in [0.15, 0.2) is 5.82 Å². The molecule has 0 atom stereocenters. The van der Waals surface area contributed by atoms with Crippen molar-refractivity contribution < 1.29 is 4.39 Å². The highest BCUT2D eigenvalue weighted by Crippen LogP contribution is 2.28. The molecule has 0 saturated carbocycles. The standard InChI is InChI=1S/C12H7BrFNOS/c13-5-6-1-2-7-8-3-4-17-11(8)12(16)15-10(7)9(6)14/h1-4H,5H2,(H,15,16). The number of halogens is 2. The van der Waals surface area contributed by atoms with Gasteiger partial charge < -0.3 is 4.98 Å². The van der Waals surface area contributed by atoms with Gasteiger partial charge in [0.25, 0.3) is 5.56 Å². The number of rotatable bonds is 1. The maximum absolute atomic E-state index is 14.1. The Kier molecular flexibility index (Phi) is 2.52. The molecule has 0 amide bonds. The first-order valence-corrected chi connectivity index (χ1v) is 6.99. The molecule has 0 fully saturated rings. The van der Waals surface area contributed by atoms with Crippen LogP contribution in [0.3, 0.4) is 0 Å². The van der Waals surface area contributed by atoms with Gasteiger partial charge in [0.1, 0.15) is 4.70 Å². The van der Waals surface area contributed by atoms with E-state index in [1.807, 2.05) is 17.5 Å². The lowest BCUT2D eigenvalue weighted by Gasteiger charge is -2.04. The lowest BCUT2D eigenvalue weighted by atomic mass is 10.1. The van der Waals surface area contributed by atoms with Crippen LogP contribution in [0.15, 0.2) is 28.4 Å². The molecule has 0 unspecified atom stereocenters. The Balaban J connectivity index is 2.58. The molecule has 2 nitrogen and oxygen atoms in total. The normalized spacial score (nSPS) is 11.4. The summed E-state index contributed by atoms with van der Waals surface area (Å²) in [6.07, 6.45) is 0. The highest BCUT2D eigenvalue weighted by atomic mass is 79.9. The molecule has 3 rings (SSSR count). The van der Waals surface area contributed by atoms with E-state index in [0.29, 0.717) is 15.6 Å². The maximum Gasteiger partial charge on any atom is 0.266 e. The Bertz CT molecular complexity index is 777. The first kappa shape index (κ1) is 10.9. The van der Waals surface area contributed by atoms with Crippen molar-refractivity contribution in [1.82, 2.24) is 4.98 Å². The summed E-state index contributed by atoms with van der Waals surface area (Å²) in [5.74, 6) is -0.357. The number of thiophene rings is 1. The molecular formula is C12H7BrFNOS. The zero-order valence-electron chi connectivity index (χ0n) is 8.59. The van der Waals surface area contributed by atoms with Crippen molar-refractivity contribution in [1.29, 1.82) is 0 Å². The monoisotopic (exact) mass is 311 g/mol. The van der Waals surface area contributed by atoms with Crippen molar-refractivity contribution in [3.63, 3.8) is 0 Å². The molecule has 0 aliphatic rings. The van der Waals surface area contributed by atoms with Gasteiger partial charge in [-0.15, -0.1) is 11.3 Å². The summed E-state index contributed by atoms with van der Waals surface area (Å²) in [5.41, 5.74) is 0.605. The van der Waals surface area contributed by atoms with Crippen LogP contribution in [0.1, 0.15) is 5.56 Å². The molecule has 1 aromatic carbocycles. The lowest BCUT2D eigenvalue weighted by molar-refractivity contribution is 0.627. The van der Waals surface area contributed by atoms with Gasteiger partial charge in [-0.25, -0.2) is 4.39 Å². The smallest absolute Gasteiger partial charge is 0.266 e. The summed E-state index contributed by atoms with van der Waals surface area (Å²) >= 11 is 4.59. The molecule has 0 radical (unpaired) electrons. The van der Waals surface area contributed by atoms with E-state index in [1.165, 1.54) is 11.3 Å². The summed E-state index contributed by atoms with van der Waals surface area (Å²) in [6, 6.07) is 5.44. The molecule has 0 saturated heterocycles. The second kappa shape index (κ2) is 3.92. The van der Waals surface area contributed by atoms with Gasteiger partial charge in [-0.1, -0.05) is 28.1 Å². The molecule has 3 aromatic rings. The number of benzene rings is 1. The first-order chi connectivity index (χ1) is 8.22. The van der Waals surface area contributed by atoms with Crippen molar-refractivity contribution in [2.75, 3.05) is 0 Å². The van der Waals surface area contributed by atoms with Crippen LogP contribution in [0.25, 0.3) is 21.0 Å². The van der Waals surface area contributed by atoms with Gasteiger partial charge in [-0.2, -0.15) is 0 Å². The van der Waals surface area contributed by atoms with E-state index >= 15 is 0 Å². The number of hydrogen-bond acceptors (Lipinski definition) is 2. The van der Waals surface area contributed by atoms with Gasteiger partial charge in [0.05, 0.1) is 5.52 Å². The fourth-order valence-electron chi connectivity index (χ4n) is 1.94. The molecule has 17 heavy (non-hydrogen) atoms. The van der Waals surface area contributed by atoms with Gasteiger partial charge >= 0.3 is 0 Å². The fraction of sp³-hybridized carbons (Fsp3) is 0.0833. The summed E-state index contributed by atoms with van der Waals surface area (Å²) in [6.45, 7) is 0. The molecule has 5 heteroatoms. The molecule has 86 valence electrons. The second-order valence-electron chi connectivity index (χ2n) is 3.71. The predicted octanol–water partition coefficient (Wildman–Crippen LogP) is 3.78. The van der Waals surface area contributed by atoms with Crippen molar-refractivity contribution >= 4 is 48.3 Å². The average molecular weight is 312 g/mol. The van der Waals surface area contributed by atoms with E-state index in [1.54, 1.807) is 6.07 Å². The predicted molar refractivity (Wildman–Crippen MR) is 72.5 cm³/mol. The molecule has 1 N–H and O–H groups in total. The third-order valence-electron chi connectivity index (χ3n) is 2.77. The van der Waals surface area contributed by atoms with E-state index in [9.17, 15) is 9.18 Å². The van der Waals surface area contributed by atoms with Crippen molar-refractivity contribution in [2.24, 2.45) is 0 Å². The van der Waals surface area contributed by atoms with Crippen LogP contribution in [0.4, 0.5) is 4.39 Å². The quantitative estimate of drug-likeness (QED) is 0.682. The van der Waals surface area contributed by atoms with E-state index in [0.717, 1.165) is 10.8 Å². The summed E-state index contributed by atoms with van der Waals surface area (Å²) in [4.78, 5) is 14.4. The van der Waals surface area contributed by atoms with Gasteiger partial charge in [0, 0.05) is 21.7 Å². The minimum absolute atomic E-state index is 0.229. The number of hydrogen-bond donors (Lipinski definition) is 1. The Morgan fingerprint density at radius 1 is 1.29 bits per heavy atom.